The van der Waals surface area contributed by atoms with Gasteiger partial charge in [-0.25, -0.2) is 4.98 Å². The van der Waals surface area contributed by atoms with Crippen molar-refractivity contribution in [2.75, 3.05) is 37.4 Å². The van der Waals surface area contributed by atoms with E-state index >= 15 is 0 Å². The first-order valence-electron chi connectivity index (χ1n) is 10.6. The maximum atomic E-state index is 12.0. The predicted octanol–water partition coefficient (Wildman–Crippen LogP) is 2.72. The molecule has 2 fully saturated rings. The molecule has 2 aliphatic rings. The van der Waals surface area contributed by atoms with E-state index < -0.39 is 0 Å². The topological polar surface area (TPSA) is 96.5 Å². The highest BCUT2D eigenvalue weighted by Crippen LogP contribution is 2.27. The van der Waals surface area contributed by atoms with Crippen LogP contribution in [-0.4, -0.2) is 65.4 Å². The third kappa shape index (κ3) is 5.88. The van der Waals surface area contributed by atoms with E-state index in [9.17, 15) is 9.59 Å². The van der Waals surface area contributed by atoms with Gasteiger partial charge in [-0.3, -0.25) is 9.59 Å². The minimum atomic E-state index is -0.0553. The Morgan fingerprint density at radius 2 is 1.72 bits per heavy atom. The van der Waals surface area contributed by atoms with Crippen LogP contribution in [0.15, 0.2) is 6.20 Å². The number of methoxy groups -OCH3 is 1. The fourth-order valence-corrected chi connectivity index (χ4v) is 4.24. The van der Waals surface area contributed by atoms with Gasteiger partial charge in [-0.05, 0) is 51.4 Å². The lowest BCUT2D eigenvalue weighted by Crippen LogP contribution is -2.41. The van der Waals surface area contributed by atoms with Crippen molar-refractivity contribution < 1.29 is 14.3 Å². The molecule has 1 amide bonds. The summed E-state index contributed by atoms with van der Waals surface area (Å²) in [5.74, 6) is 1.84. The summed E-state index contributed by atoms with van der Waals surface area (Å²) in [6, 6.07) is 0.536. The van der Waals surface area contributed by atoms with Gasteiger partial charge in [0.25, 0.3) is 0 Å². The number of carbonyl (C=O) groups excluding carboxylic acids is 2. The van der Waals surface area contributed by atoms with Crippen molar-refractivity contribution in [1.82, 2.24) is 14.9 Å². The van der Waals surface area contributed by atoms with E-state index in [0.29, 0.717) is 29.3 Å². The summed E-state index contributed by atoms with van der Waals surface area (Å²) in [6.45, 7) is 5.42. The SMILES string of the molecule is COC[C@H]1CC[C@H](Nc2ncc(C(C)=O)c(NC3CCN(C(C)=O)CC3)n2)CC1. The molecule has 29 heavy (non-hydrogen) atoms. The maximum Gasteiger partial charge on any atom is 0.224 e. The van der Waals surface area contributed by atoms with Crippen molar-refractivity contribution in [3.63, 3.8) is 0 Å². The van der Waals surface area contributed by atoms with E-state index in [-0.39, 0.29) is 17.7 Å². The van der Waals surface area contributed by atoms with Crippen molar-refractivity contribution >= 4 is 23.5 Å². The fourth-order valence-electron chi connectivity index (χ4n) is 4.24. The van der Waals surface area contributed by atoms with Gasteiger partial charge in [0, 0.05) is 52.0 Å². The van der Waals surface area contributed by atoms with Gasteiger partial charge in [0.1, 0.15) is 5.82 Å². The molecule has 0 atom stereocenters. The Morgan fingerprint density at radius 3 is 2.31 bits per heavy atom. The summed E-state index contributed by atoms with van der Waals surface area (Å²) in [5, 5.41) is 6.87. The smallest absolute Gasteiger partial charge is 0.224 e. The zero-order chi connectivity index (χ0) is 20.8. The molecule has 8 nitrogen and oxygen atoms in total. The minimum absolute atomic E-state index is 0.0553. The number of hydrogen-bond acceptors (Lipinski definition) is 7. The van der Waals surface area contributed by atoms with E-state index in [1.807, 2.05) is 4.90 Å². The molecule has 1 aliphatic carbocycles. The number of piperidine rings is 1. The second-order valence-electron chi connectivity index (χ2n) is 8.25. The molecule has 3 rings (SSSR count). The highest BCUT2D eigenvalue weighted by Gasteiger charge is 2.24. The Bertz CT molecular complexity index is 710. The standard InChI is InChI=1S/C21H33N5O3/c1-14(27)19-12-22-21(24-17-6-4-16(5-7-17)13-29-3)25-20(19)23-18-8-10-26(11-9-18)15(2)28/h12,16-18H,4-11,13H2,1-3H3,(H2,22,23,24,25)/t16-,17-. The largest absolute Gasteiger partial charge is 0.384 e. The molecule has 1 aromatic rings. The number of Topliss-reactive ketones (excluding diaryl/α,β-unsaturated/α-hetero) is 1. The summed E-state index contributed by atoms with van der Waals surface area (Å²) >= 11 is 0. The molecule has 160 valence electrons. The maximum absolute atomic E-state index is 12.0. The number of nitrogens with zero attached hydrogens (tertiary/aromatic N) is 3. The zero-order valence-corrected chi connectivity index (χ0v) is 17.7. The molecule has 0 spiro atoms. The summed E-state index contributed by atoms with van der Waals surface area (Å²) < 4.78 is 5.27. The number of hydrogen-bond donors (Lipinski definition) is 2. The lowest BCUT2D eigenvalue weighted by Gasteiger charge is -2.32. The molecule has 1 aliphatic heterocycles. The lowest BCUT2D eigenvalue weighted by molar-refractivity contribution is -0.129. The molecule has 8 heteroatoms. The van der Waals surface area contributed by atoms with Crippen LogP contribution < -0.4 is 10.6 Å². The van der Waals surface area contributed by atoms with Crippen molar-refractivity contribution in [2.24, 2.45) is 5.92 Å². The van der Waals surface area contributed by atoms with E-state index in [1.54, 1.807) is 20.2 Å². The number of anilines is 2. The number of likely N-dealkylation sites (tertiary alicyclic amines) is 1. The van der Waals surface area contributed by atoms with E-state index in [0.717, 1.165) is 58.2 Å². The molecule has 0 unspecified atom stereocenters. The number of aromatic nitrogens is 2. The fraction of sp³-hybridized carbons (Fsp3) is 0.714. The van der Waals surface area contributed by atoms with Crippen LogP contribution >= 0.6 is 0 Å². The van der Waals surface area contributed by atoms with Crippen LogP contribution in [0.2, 0.25) is 0 Å². The molecule has 1 saturated heterocycles. The molecule has 0 aromatic carbocycles. The Hall–Kier alpha value is -2.22. The zero-order valence-electron chi connectivity index (χ0n) is 17.7. The summed E-state index contributed by atoms with van der Waals surface area (Å²) in [6.07, 6.45) is 7.70. The Kier molecular flexibility index (Phi) is 7.41. The molecular formula is C21H33N5O3. The normalized spacial score (nSPS) is 22.9. The molecule has 2 heterocycles. The van der Waals surface area contributed by atoms with Gasteiger partial charge in [0.2, 0.25) is 11.9 Å². The van der Waals surface area contributed by atoms with Gasteiger partial charge >= 0.3 is 0 Å². The molecule has 1 aromatic heterocycles. The third-order valence-corrected chi connectivity index (χ3v) is 6.03. The summed E-state index contributed by atoms with van der Waals surface area (Å²) in [4.78, 5) is 34.4. The van der Waals surface area contributed by atoms with Gasteiger partial charge in [-0.15, -0.1) is 0 Å². The number of amides is 1. The van der Waals surface area contributed by atoms with E-state index in [4.69, 9.17) is 4.74 Å². The predicted molar refractivity (Wildman–Crippen MR) is 112 cm³/mol. The van der Waals surface area contributed by atoms with Gasteiger partial charge in [-0.1, -0.05) is 0 Å². The highest BCUT2D eigenvalue weighted by molar-refractivity contribution is 5.98. The number of ether oxygens (including phenoxy) is 1. The second kappa shape index (κ2) is 10.0. The Balaban J connectivity index is 1.62. The molecule has 0 radical (unpaired) electrons. The lowest BCUT2D eigenvalue weighted by atomic mass is 9.86. The van der Waals surface area contributed by atoms with Gasteiger partial charge in [0.15, 0.2) is 5.78 Å². The van der Waals surface area contributed by atoms with Crippen molar-refractivity contribution in [1.29, 1.82) is 0 Å². The third-order valence-electron chi connectivity index (χ3n) is 6.03. The van der Waals surface area contributed by atoms with Crippen LogP contribution in [0.4, 0.5) is 11.8 Å². The van der Waals surface area contributed by atoms with Gasteiger partial charge in [0.05, 0.1) is 5.56 Å². The van der Waals surface area contributed by atoms with Crippen LogP contribution in [0.25, 0.3) is 0 Å². The van der Waals surface area contributed by atoms with Crippen molar-refractivity contribution in [3.8, 4) is 0 Å². The number of nitrogens with one attached hydrogen (secondary N) is 2. The summed E-state index contributed by atoms with van der Waals surface area (Å²) in [5.41, 5.74) is 0.508. The molecule has 0 bridgehead atoms. The summed E-state index contributed by atoms with van der Waals surface area (Å²) in [7, 11) is 1.76. The first-order chi connectivity index (χ1) is 14.0. The Labute approximate surface area is 172 Å². The highest BCUT2D eigenvalue weighted by atomic mass is 16.5. The number of carbonyl (C=O) groups is 2. The average molecular weight is 404 g/mol. The van der Waals surface area contributed by atoms with Crippen molar-refractivity contribution in [2.45, 2.75) is 64.5 Å². The van der Waals surface area contributed by atoms with Crippen LogP contribution in [0.1, 0.15) is 62.7 Å². The quantitative estimate of drug-likeness (QED) is 0.676. The van der Waals surface area contributed by atoms with Crippen molar-refractivity contribution in [3.05, 3.63) is 11.8 Å². The van der Waals surface area contributed by atoms with Crippen LogP contribution in [0.5, 0.6) is 0 Å². The van der Waals surface area contributed by atoms with Crippen LogP contribution in [0.3, 0.4) is 0 Å². The monoisotopic (exact) mass is 403 g/mol. The van der Waals surface area contributed by atoms with E-state index in [2.05, 4.69) is 20.6 Å². The number of rotatable bonds is 7. The van der Waals surface area contributed by atoms with Gasteiger partial charge < -0.3 is 20.3 Å². The van der Waals surface area contributed by atoms with Crippen LogP contribution in [0, 0.1) is 5.92 Å². The first kappa shape index (κ1) is 21.5. The van der Waals surface area contributed by atoms with E-state index in [1.165, 1.54) is 6.92 Å². The Morgan fingerprint density at radius 1 is 1.07 bits per heavy atom. The molecule has 1 saturated carbocycles. The number of ketones is 1. The van der Waals surface area contributed by atoms with Gasteiger partial charge in [-0.2, -0.15) is 4.98 Å². The minimum Gasteiger partial charge on any atom is -0.384 e. The molecular weight excluding hydrogens is 370 g/mol. The first-order valence-corrected chi connectivity index (χ1v) is 10.6. The van der Waals surface area contributed by atoms with Crippen LogP contribution in [-0.2, 0) is 9.53 Å². The average Bonchev–Trinajstić information content (AvgIpc) is 2.70. The molecule has 2 N–H and O–H groups in total. The second-order valence-corrected chi connectivity index (χ2v) is 8.25.